The number of para-hydroxylation sites is 2. The van der Waals surface area contributed by atoms with E-state index in [1.807, 2.05) is 22.8 Å². The minimum Gasteiger partial charge on any atom is -0.387 e. The second-order valence-corrected chi connectivity index (χ2v) is 9.41. The average Bonchev–Trinajstić information content (AvgIpc) is 3.16. The van der Waals surface area contributed by atoms with Crippen molar-refractivity contribution in [1.29, 1.82) is 5.41 Å². The number of aliphatic hydroxyl groups excluding tert-OH is 1. The van der Waals surface area contributed by atoms with Gasteiger partial charge in [0.05, 0.1) is 23.1 Å². The van der Waals surface area contributed by atoms with Gasteiger partial charge in [0.2, 0.25) is 11.5 Å². The van der Waals surface area contributed by atoms with Gasteiger partial charge in [0.25, 0.3) is 0 Å². The highest BCUT2D eigenvalue weighted by Gasteiger charge is 2.24. The number of carbonyl (C=O) groups is 1. The van der Waals surface area contributed by atoms with E-state index in [2.05, 4.69) is 79.9 Å². The molecule has 0 aliphatic rings. The number of aryl methyl sites for hydroxylation is 2. The van der Waals surface area contributed by atoms with Crippen molar-refractivity contribution in [3.05, 3.63) is 101 Å². The van der Waals surface area contributed by atoms with Crippen LogP contribution in [-0.2, 0) is 11.2 Å². The van der Waals surface area contributed by atoms with Crippen LogP contribution in [0.4, 0.5) is 0 Å². The van der Waals surface area contributed by atoms with Crippen LogP contribution in [0.25, 0.3) is 11.0 Å². The molecule has 0 aliphatic carbocycles. The van der Waals surface area contributed by atoms with Gasteiger partial charge in [0.1, 0.15) is 6.61 Å². The lowest BCUT2D eigenvalue weighted by Crippen LogP contribution is -2.39. The number of aliphatic hydroxyl groups is 1. The van der Waals surface area contributed by atoms with Crippen molar-refractivity contribution in [2.24, 2.45) is 0 Å². The van der Waals surface area contributed by atoms with Crippen molar-refractivity contribution in [2.45, 2.75) is 39.3 Å². The number of nitrogens with one attached hydrogen (secondary N) is 1. The molecule has 4 rings (SSSR count). The van der Waals surface area contributed by atoms with Gasteiger partial charge in [-0.3, -0.25) is 10.2 Å². The summed E-state index contributed by atoms with van der Waals surface area (Å²) in [5, 5.41) is 18.7. The van der Waals surface area contributed by atoms with E-state index in [9.17, 15) is 15.3 Å². The van der Waals surface area contributed by atoms with Crippen molar-refractivity contribution >= 4 is 16.9 Å². The minimum absolute atomic E-state index is 0.0360. The Labute approximate surface area is 206 Å². The third-order valence-electron chi connectivity index (χ3n) is 6.81. The average molecular weight is 471 g/mol. The van der Waals surface area contributed by atoms with Gasteiger partial charge >= 0.3 is 0 Å². The lowest BCUT2D eigenvalue weighted by atomic mass is 10.0. The fraction of sp³-hybridized carbons (Fsp3) is 0.310. The SMILES string of the molecule is Cc1ccc(CC(CN(C)C(=O)CO)n2c(=N)n(C(C)c3ccc(C)cc3)c3ccccc32)cc1. The first-order valence-electron chi connectivity index (χ1n) is 12.0. The molecule has 0 spiro atoms. The Balaban J connectivity index is 1.85. The number of aromatic nitrogens is 2. The first kappa shape index (κ1) is 24.5. The Morgan fingerprint density at radius 3 is 2.03 bits per heavy atom. The highest BCUT2D eigenvalue weighted by molar-refractivity contribution is 5.78. The summed E-state index contributed by atoms with van der Waals surface area (Å²) in [5.41, 5.74) is 7.00. The van der Waals surface area contributed by atoms with Crippen LogP contribution in [0.1, 0.15) is 41.3 Å². The quantitative estimate of drug-likeness (QED) is 0.401. The van der Waals surface area contributed by atoms with Crippen LogP contribution < -0.4 is 5.62 Å². The third kappa shape index (κ3) is 5.08. The Kier molecular flexibility index (Phi) is 7.22. The van der Waals surface area contributed by atoms with E-state index in [0.717, 1.165) is 22.2 Å². The zero-order valence-corrected chi connectivity index (χ0v) is 20.9. The topological polar surface area (TPSA) is 74.2 Å². The number of fused-ring (bicyclic) bond motifs is 1. The number of carbonyl (C=O) groups excluding carboxylic acids is 1. The normalized spacial score (nSPS) is 13.1. The van der Waals surface area contributed by atoms with E-state index in [4.69, 9.17) is 0 Å². The maximum Gasteiger partial charge on any atom is 0.248 e. The van der Waals surface area contributed by atoms with Crippen LogP contribution in [0.5, 0.6) is 0 Å². The van der Waals surface area contributed by atoms with Crippen molar-refractivity contribution < 1.29 is 9.90 Å². The van der Waals surface area contributed by atoms with Gasteiger partial charge in [-0.25, -0.2) is 0 Å². The monoisotopic (exact) mass is 470 g/mol. The maximum atomic E-state index is 12.3. The van der Waals surface area contributed by atoms with E-state index in [-0.39, 0.29) is 18.0 Å². The van der Waals surface area contributed by atoms with Crippen molar-refractivity contribution in [3.8, 4) is 0 Å². The third-order valence-corrected chi connectivity index (χ3v) is 6.81. The minimum atomic E-state index is -0.529. The van der Waals surface area contributed by atoms with Gasteiger partial charge in [-0.15, -0.1) is 0 Å². The summed E-state index contributed by atoms with van der Waals surface area (Å²) in [6.07, 6.45) is 0.660. The molecule has 6 heteroatoms. The van der Waals surface area contributed by atoms with E-state index in [0.29, 0.717) is 18.6 Å². The Bertz CT molecular complexity index is 1370. The molecule has 2 N–H and O–H groups in total. The van der Waals surface area contributed by atoms with Crippen molar-refractivity contribution in [1.82, 2.24) is 14.0 Å². The van der Waals surface area contributed by atoms with Gasteiger partial charge < -0.3 is 19.1 Å². The van der Waals surface area contributed by atoms with E-state index >= 15 is 0 Å². The molecule has 2 unspecified atom stereocenters. The summed E-state index contributed by atoms with van der Waals surface area (Å²) < 4.78 is 4.11. The molecular weight excluding hydrogens is 436 g/mol. The van der Waals surface area contributed by atoms with Crippen molar-refractivity contribution in [3.63, 3.8) is 0 Å². The summed E-state index contributed by atoms with van der Waals surface area (Å²) >= 11 is 0. The molecule has 1 amide bonds. The van der Waals surface area contributed by atoms with Crippen molar-refractivity contribution in [2.75, 3.05) is 20.2 Å². The molecule has 0 aliphatic heterocycles. The number of hydrogen-bond donors (Lipinski definition) is 2. The molecule has 0 fully saturated rings. The fourth-order valence-electron chi connectivity index (χ4n) is 4.74. The van der Waals surface area contributed by atoms with Gasteiger partial charge in [0.15, 0.2) is 0 Å². The largest absolute Gasteiger partial charge is 0.387 e. The summed E-state index contributed by atoms with van der Waals surface area (Å²) in [6.45, 7) is 6.11. The molecule has 2 atom stereocenters. The molecule has 0 saturated carbocycles. The van der Waals surface area contributed by atoms with Crippen LogP contribution in [0.3, 0.4) is 0 Å². The molecule has 0 bridgehead atoms. The lowest BCUT2D eigenvalue weighted by molar-refractivity contribution is -0.133. The lowest BCUT2D eigenvalue weighted by Gasteiger charge is -2.26. The predicted molar refractivity (Wildman–Crippen MR) is 139 cm³/mol. The molecule has 1 heterocycles. The van der Waals surface area contributed by atoms with Gasteiger partial charge in [-0.05, 0) is 50.5 Å². The Hall–Kier alpha value is -3.64. The summed E-state index contributed by atoms with van der Waals surface area (Å²) in [4.78, 5) is 13.8. The molecule has 3 aromatic carbocycles. The first-order chi connectivity index (χ1) is 16.8. The van der Waals surface area contributed by atoms with Gasteiger partial charge in [-0.1, -0.05) is 71.8 Å². The molecule has 0 saturated heterocycles. The standard InChI is InChI=1S/C29H34N4O2/c1-20-9-13-23(14-10-20)17-25(18-31(4)28(35)19-34)33-27-8-6-5-7-26(27)32(29(33)30)22(3)24-15-11-21(2)12-16-24/h5-16,22,25,30,34H,17-19H2,1-4H3. The zero-order chi connectivity index (χ0) is 25.1. The number of rotatable bonds is 8. The van der Waals surface area contributed by atoms with Gasteiger partial charge in [0, 0.05) is 13.6 Å². The number of hydrogen-bond acceptors (Lipinski definition) is 3. The fourth-order valence-corrected chi connectivity index (χ4v) is 4.74. The van der Waals surface area contributed by atoms with Gasteiger partial charge in [-0.2, -0.15) is 0 Å². The van der Waals surface area contributed by atoms with Crippen LogP contribution in [0, 0.1) is 19.3 Å². The van der Waals surface area contributed by atoms with Crippen LogP contribution in [0.15, 0.2) is 72.8 Å². The Morgan fingerprint density at radius 2 is 1.46 bits per heavy atom. The number of nitrogens with zero attached hydrogens (tertiary/aromatic N) is 3. The second kappa shape index (κ2) is 10.3. The van der Waals surface area contributed by atoms with E-state index < -0.39 is 6.61 Å². The number of benzene rings is 3. The highest BCUT2D eigenvalue weighted by atomic mass is 16.3. The molecule has 4 aromatic rings. The first-order valence-corrected chi connectivity index (χ1v) is 12.0. The van der Waals surface area contributed by atoms with Crippen LogP contribution in [0.2, 0.25) is 0 Å². The molecular formula is C29H34N4O2. The predicted octanol–water partition coefficient (Wildman–Crippen LogP) is 4.38. The smallest absolute Gasteiger partial charge is 0.248 e. The summed E-state index contributed by atoms with van der Waals surface area (Å²) in [6, 6.07) is 24.7. The van der Waals surface area contributed by atoms with Crippen LogP contribution >= 0.6 is 0 Å². The highest BCUT2D eigenvalue weighted by Crippen LogP contribution is 2.26. The number of likely N-dealkylation sites (N-methyl/N-ethyl adjacent to an activating group) is 1. The molecule has 1 aromatic heterocycles. The Morgan fingerprint density at radius 1 is 0.914 bits per heavy atom. The second-order valence-electron chi connectivity index (χ2n) is 9.41. The van der Waals surface area contributed by atoms with E-state index in [1.165, 1.54) is 11.1 Å². The summed E-state index contributed by atoms with van der Waals surface area (Å²) in [7, 11) is 1.71. The van der Waals surface area contributed by atoms with E-state index in [1.54, 1.807) is 11.9 Å². The molecule has 0 radical (unpaired) electrons. The molecule has 35 heavy (non-hydrogen) atoms. The maximum absolute atomic E-state index is 12.3. The number of amides is 1. The van der Waals surface area contributed by atoms with Crippen LogP contribution in [-0.4, -0.2) is 45.2 Å². The number of imidazole rings is 1. The zero-order valence-electron chi connectivity index (χ0n) is 20.9. The molecule has 6 nitrogen and oxygen atoms in total. The summed E-state index contributed by atoms with van der Waals surface area (Å²) in [5.74, 6) is -0.331. The molecule has 182 valence electrons.